The van der Waals surface area contributed by atoms with Crippen LogP contribution >= 0.6 is 0 Å². The number of rotatable bonds is 7. The number of anilines is 2. The third-order valence-electron chi connectivity index (χ3n) is 6.06. The smallest absolute Gasteiger partial charge is 0.226 e. The largest absolute Gasteiger partial charge is 0.488 e. The summed E-state index contributed by atoms with van der Waals surface area (Å²) in [6.45, 7) is 0. The van der Waals surface area contributed by atoms with Crippen molar-refractivity contribution in [3.05, 3.63) is 35.9 Å². The molecule has 0 radical (unpaired) electrons. The van der Waals surface area contributed by atoms with E-state index in [4.69, 9.17) is 25.5 Å². The fraction of sp³-hybridized carbons (Fsp3) is 0.435. The van der Waals surface area contributed by atoms with E-state index < -0.39 is 0 Å². The van der Waals surface area contributed by atoms with Gasteiger partial charge in [-0.3, -0.25) is 5.10 Å². The predicted octanol–water partition coefficient (Wildman–Crippen LogP) is 3.41. The van der Waals surface area contributed by atoms with E-state index >= 15 is 0 Å². The highest BCUT2D eigenvalue weighted by Gasteiger charge is 2.31. The maximum Gasteiger partial charge on any atom is 0.226 e. The molecule has 3 heterocycles. The molecule has 0 unspecified atom stereocenters. The Balaban J connectivity index is 1.47. The van der Waals surface area contributed by atoms with Crippen LogP contribution in [0.25, 0.3) is 11.3 Å². The van der Waals surface area contributed by atoms with Crippen LogP contribution in [0, 0.1) is 11.3 Å². The Morgan fingerprint density at radius 3 is 2.67 bits per heavy atom. The summed E-state index contributed by atoms with van der Waals surface area (Å²) in [5.74, 6) is 2.67. The number of methoxy groups -OCH3 is 1. The first-order chi connectivity index (χ1) is 16.1. The third-order valence-corrected chi connectivity index (χ3v) is 6.06. The second kappa shape index (κ2) is 9.03. The van der Waals surface area contributed by atoms with E-state index in [2.05, 4.69) is 25.5 Å². The van der Waals surface area contributed by atoms with Gasteiger partial charge in [0.05, 0.1) is 30.9 Å². The number of ether oxygens (including phenoxy) is 2. The molecule has 33 heavy (non-hydrogen) atoms. The number of nitrogens with zero attached hydrogens (tertiary/aromatic N) is 5. The van der Waals surface area contributed by atoms with Crippen LogP contribution in [0.3, 0.4) is 0 Å². The van der Waals surface area contributed by atoms with E-state index in [1.807, 2.05) is 18.2 Å². The molecule has 0 aliphatic heterocycles. The molecule has 4 N–H and O–H groups in total. The lowest BCUT2D eigenvalue weighted by molar-refractivity contribution is 0.132. The summed E-state index contributed by atoms with van der Waals surface area (Å²) in [6, 6.07) is 5.81. The molecule has 0 spiro atoms. The van der Waals surface area contributed by atoms with Gasteiger partial charge in [-0.1, -0.05) is 6.42 Å². The highest BCUT2D eigenvalue weighted by molar-refractivity contribution is 5.75. The summed E-state index contributed by atoms with van der Waals surface area (Å²) >= 11 is 0. The van der Waals surface area contributed by atoms with Gasteiger partial charge < -0.3 is 20.5 Å². The van der Waals surface area contributed by atoms with Crippen LogP contribution in [0.2, 0.25) is 0 Å². The Kier molecular flexibility index (Phi) is 5.79. The van der Waals surface area contributed by atoms with Crippen molar-refractivity contribution in [3.8, 4) is 29.0 Å². The zero-order chi connectivity index (χ0) is 22.8. The lowest BCUT2D eigenvalue weighted by atomic mass is 9.93. The summed E-state index contributed by atoms with van der Waals surface area (Å²) in [5.41, 5.74) is 9.02. The van der Waals surface area contributed by atoms with Crippen molar-refractivity contribution in [2.75, 3.05) is 12.4 Å². The average Bonchev–Trinajstić information content (AvgIpc) is 3.60. The van der Waals surface area contributed by atoms with Crippen molar-refractivity contribution in [2.24, 2.45) is 5.73 Å². The van der Waals surface area contributed by atoms with Gasteiger partial charge in [0.2, 0.25) is 5.88 Å². The molecule has 3 aromatic rings. The summed E-state index contributed by atoms with van der Waals surface area (Å²) in [6.07, 6.45) is 9.22. The molecule has 10 heteroatoms. The first kappa shape index (κ1) is 21.2. The Morgan fingerprint density at radius 1 is 1.12 bits per heavy atom. The maximum atomic E-state index is 8.89. The van der Waals surface area contributed by atoms with E-state index in [-0.39, 0.29) is 17.8 Å². The Morgan fingerprint density at radius 2 is 1.97 bits per heavy atom. The molecular formula is C23H26N8O2. The number of H-pyrrole nitrogens is 1. The fourth-order valence-electron chi connectivity index (χ4n) is 4.12. The van der Waals surface area contributed by atoms with E-state index in [1.54, 1.807) is 7.11 Å². The molecule has 2 aliphatic rings. The van der Waals surface area contributed by atoms with Crippen LogP contribution in [0.15, 0.2) is 24.5 Å². The number of hydrogen-bond acceptors (Lipinski definition) is 9. The van der Waals surface area contributed by atoms with Crippen molar-refractivity contribution in [3.63, 3.8) is 0 Å². The number of nitriles is 1. The quantitative estimate of drug-likeness (QED) is 0.496. The van der Waals surface area contributed by atoms with Crippen molar-refractivity contribution >= 4 is 11.6 Å². The molecule has 2 atom stereocenters. The summed E-state index contributed by atoms with van der Waals surface area (Å²) in [4.78, 5) is 13.0. The van der Waals surface area contributed by atoms with Crippen LogP contribution in [-0.4, -0.2) is 44.4 Å². The fourth-order valence-corrected chi connectivity index (χ4v) is 4.12. The molecule has 2 saturated carbocycles. The number of aromatic nitrogens is 5. The molecule has 0 aromatic carbocycles. The van der Waals surface area contributed by atoms with Crippen molar-refractivity contribution in [1.29, 1.82) is 5.26 Å². The molecule has 2 fully saturated rings. The maximum absolute atomic E-state index is 8.89. The van der Waals surface area contributed by atoms with Gasteiger partial charge in [0, 0.05) is 24.1 Å². The highest BCUT2D eigenvalue weighted by atomic mass is 16.5. The Labute approximate surface area is 191 Å². The molecule has 3 aromatic heterocycles. The van der Waals surface area contributed by atoms with Crippen LogP contribution in [0.5, 0.6) is 11.6 Å². The normalized spacial score (nSPS) is 20.2. The van der Waals surface area contributed by atoms with Gasteiger partial charge in [-0.25, -0.2) is 15.0 Å². The summed E-state index contributed by atoms with van der Waals surface area (Å²) < 4.78 is 12.2. The number of pyridine rings is 1. The molecule has 170 valence electrons. The second-order valence-electron chi connectivity index (χ2n) is 8.50. The second-order valence-corrected chi connectivity index (χ2v) is 8.50. The summed E-state index contributed by atoms with van der Waals surface area (Å²) in [7, 11) is 1.61. The van der Waals surface area contributed by atoms with E-state index in [9.17, 15) is 0 Å². The van der Waals surface area contributed by atoms with Crippen LogP contribution < -0.4 is 20.5 Å². The van der Waals surface area contributed by atoms with Gasteiger partial charge in [0.1, 0.15) is 29.3 Å². The highest BCUT2D eigenvalue weighted by Crippen LogP contribution is 2.45. The zero-order valence-electron chi connectivity index (χ0n) is 18.4. The van der Waals surface area contributed by atoms with Gasteiger partial charge in [-0.15, -0.1) is 0 Å². The molecule has 0 bridgehead atoms. The van der Waals surface area contributed by atoms with E-state index in [0.29, 0.717) is 40.4 Å². The molecule has 2 aliphatic carbocycles. The van der Waals surface area contributed by atoms with E-state index in [0.717, 1.165) is 44.2 Å². The first-order valence-corrected chi connectivity index (χ1v) is 11.2. The standard InChI is InChI=1S/C23H26N8O2/c1-32-23-22(17-9-20(31-30-17)29-21-12-26-14(10-24)11-27-21)19(8-16(28-23)13-6-7-13)33-18-5-3-2-4-15(18)25/h8-9,11-13,15,18H,2-7,25H2,1H3,(H2,27,29,30,31)/t15-,18+/m1/s1. The number of hydrogen-bond donors (Lipinski definition) is 3. The van der Waals surface area contributed by atoms with E-state index in [1.165, 1.54) is 12.4 Å². The van der Waals surface area contributed by atoms with Gasteiger partial charge in [0.25, 0.3) is 0 Å². The van der Waals surface area contributed by atoms with Gasteiger partial charge >= 0.3 is 0 Å². The van der Waals surface area contributed by atoms with Gasteiger partial charge in [-0.2, -0.15) is 10.4 Å². The molecule has 10 nitrogen and oxygen atoms in total. The number of nitrogens with one attached hydrogen (secondary N) is 2. The minimum atomic E-state index is -0.0499. The SMILES string of the molecule is COc1nc(C2CC2)cc(O[C@H]2CCCC[C@H]2N)c1-c1cc(Nc2cnc(C#N)cn2)n[nH]1. The minimum Gasteiger partial charge on any atom is -0.488 e. The lowest BCUT2D eigenvalue weighted by Gasteiger charge is -2.30. The average molecular weight is 447 g/mol. The zero-order valence-corrected chi connectivity index (χ0v) is 18.4. The number of nitrogens with two attached hydrogens (primary N) is 1. The van der Waals surface area contributed by atoms with Crippen molar-refractivity contribution in [1.82, 2.24) is 25.1 Å². The Hall–Kier alpha value is -3.71. The van der Waals surface area contributed by atoms with Crippen LogP contribution in [0.1, 0.15) is 55.8 Å². The summed E-state index contributed by atoms with van der Waals surface area (Å²) in [5, 5.41) is 19.4. The predicted molar refractivity (Wildman–Crippen MR) is 121 cm³/mol. The van der Waals surface area contributed by atoms with Crippen molar-refractivity contribution < 1.29 is 9.47 Å². The number of aromatic amines is 1. The first-order valence-electron chi connectivity index (χ1n) is 11.2. The lowest BCUT2D eigenvalue weighted by Crippen LogP contribution is -2.41. The third kappa shape index (κ3) is 4.59. The minimum absolute atomic E-state index is 0.00378. The Bertz CT molecular complexity index is 1170. The molecule has 5 rings (SSSR count). The molecular weight excluding hydrogens is 420 g/mol. The van der Waals surface area contributed by atoms with Gasteiger partial charge in [-0.05, 0) is 32.1 Å². The van der Waals surface area contributed by atoms with Crippen LogP contribution in [0.4, 0.5) is 11.6 Å². The van der Waals surface area contributed by atoms with Crippen LogP contribution in [-0.2, 0) is 0 Å². The molecule has 0 amide bonds. The topological polar surface area (TPSA) is 148 Å². The monoisotopic (exact) mass is 446 g/mol. The van der Waals surface area contributed by atoms with Crippen molar-refractivity contribution in [2.45, 2.75) is 56.6 Å². The van der Waals surface area contributed by atoms with Gasteiger partial charge in [0.15, 0.2) is 11.5 Å². The molecule has 0 saturated heterocycles.